The summed E-state index contributed by atoms with van der Waals surface area (Å²) in [4.78, 5) is 22.8. The molecule has 0 unspecified atom stereocenters. The van der Waals surface area contributed by atoms with Crippen molar-refractivity contribution >= 4 is 5.91 Å². The Bertz CT molecular complexity index is 756. The van der Waals surface area contributed by atoms with Crippen molar-refractivity contribution in [1.82, 2.24) is 20.2 Å². The zero-order valence-electron chi connectivity index (χ0n) is 14.3. The Hall–Kier alpha value is -2.38. The number of hydrogen-bond acceptors (Lipinski definition) is 5. The van der Waals surface area contributed by atoms with Gasteiger partial charge in [-0.1, -0.05) is 12.1 Å². The van der Waals surface area contributed by atoms with E-state index < -0.39 is 0 Å². The second-order valence-electron chi connectivity index (χ2n) is 6.77. The maximum Gasteiger partial charge on any atom is 0.271 e. The summed E-state index contributed by atoms with van der Waals surface area (Å²) in [7, 11) is 0. The Morgan fingerprint density at radius 1 is 1.31 bits per heavy atom. The first-order valence-corrected chi connectivity index (χ1v) is 8.88. The molecule has 0 saturated carbocycles. The lowest BCUT2D eigenvalue weighted by molar-refractivity contribution is -0.0211. The van der Waals surface area contributed by atoms with E-state index in [-0.39, 0.29) is 29.9 Å². The highest BCUT2D eigenvalue weighted by molar-refractivity contribution is 5.92. The number of halogens is 1. The molecule has 1 N–H and O–H groups in total. The van der Waals surface area contributed by atoms with Crippen LogP contribution in [0.5, 0.6) is 0 Å². The number of rotatable bonds is 4. The number of fused-ring (bicyclic) bond motifs is 1. The van der Waals surface area contributed by atoms with E-state index in [2.05, 4.69) is 20.2 Å². The molecule has 3 atom stereocenters. The molecular formula is C19H21FN4O2. The number of carbonyl (C=O) groups is 1. The Labute approximate surface area is 151 Å². The Kier molecular flexibility index (Phi) is 4.90. The van der Waals surface area contributed by atoms with Crippen molar-refractivity contribution in [1.29, 1.82) is 0 Å². The summed E-state index contributed by atoms with van der Waals surface area (Å²) in [5.74, 6) is -0.470. The fourth-order valence-electron chi connectivity index (χ4n) is 3.85. The monoisotopic (exact) mass is 356 g/mol. The number of likely N-dealkylation sites (tertiary alicyclic amines) is 1. The predicted octanol–water partition coefficient (Wildman–Crippen LogP) is 1.78. The van der Waals surface area contributed by atoms with Crippen LogP contribution in [-0.2, 0) is 11.3 Å². The fraction of sp³-hybridized carbons (Fsp3) is 0.421. The van der Waals surface area contributed by atoms with Crippen LogP contribution >= 0.6 is 0 Å². The Morgan fingerprint density at radius 2 is 2.15 bits per heavy atom. The van der Waals surface area contributed by atoms with Gasteiger partial charge in [-0.15, -0.1) is 0 Å². The topological polar surface area (TPSA) is 67.4 Å². The minimum atomic E-state index is -0.236. The first-order chi connectivity index (χ1) is 12.7. The van der Waals surface area contributed by atoms with Gasteiger partial charge in [0, 0.05) is 38.1 Å². The van der Waals surface area contributed by atoms with E-state index in [9.17, 15) is 9.18 Å². The van der Waals surface area contributed by atoms with Gasteiger partial charge in [-0.3, -0.25) is 14.7 Å². The van der Waals surface area contributed by atoms with Gasteiger partial charge in [0.15, 0.2) is 0 Å². The van der Waals surface area contributed by atoms with Gasteiger partial charge >= 0.3 is 0 Å². The van der Waals surface area contributed by atoms with Crippen LogP contribution in [0.25, 0.3) is 0 Å². The highest BCUT2D eigenvalue weighted by Gasteiger charge is 2.44. The summed E-state index contributed by atoms with van der Waals surface area (Å²) in [6, 6.07) is 6.72. The van der Waals surface area contributed by atoms with E-state index in [1.165, 1.54) is 30.7 Å². The first-order valence-electron chi connectivity index (χ1n) is 8.88. The minimum Gasteiger partial charge on any atom is -0.374 e. The molecule has 4 rings (SSSR count). The molecule has 7 heteroatoms. The maximum atomic E-state index is 13.1. The van der Waals surface area contributed by atoms with Crippen LogP contribution < -0.4 is 5.32 Å². The van der Waals surface area contributed by atoms with Crippen LogP contribution in [0.3, 0.4) is 0 Å². The third kappa shape index (κ3) is 3.59. The van der Waals surface area contributed by atoms with Crippen molar-refractivity contribution in [3.8, 4) is 0 Å². The molecule has 26 heavy (non-hydrogen) atoms. The van der Waals surface area contributed by atoms with Gasteiger partial charge in [0.2, 0.25) is 0 Å². The van der Waals surface area contributed by atoms with Crippen molar-refractivity contribution in [3.05, 3.63) is 59.9 Å². The van der Waals surface area contributed by atoms with Crippen molar-refractivity contribution in [2.45, 2.75) is 37.6 Å². The summed E-state index contributed by atoms with van der Waals surface area (Å²) in [5, 5.41) is 3.05. The normalized spacial score (nSPS) is 25.7. The van der Waals surface area contributed by atoms with E-state index >= 15 is 0 Å². The molecule has 0 spiro atoms. The van der Waals surface area contributed by atoms with E-state index in [1.807, 2.05) is 0 Å². The summed E-state index contributed by atoms with van der Waals surface area (Å²) in [5.41, 5.74) is 1.36. The Morgan fingerprint density at radius 3 is 2.92 bits per heavy atom. The molecule has 3 heterocycles. The van der Waals surface area contributed by atoms with Crippen LogP contribution in [0.2, 0.25) is 0 Å². The number of ether oxygens (including phenoxy) is 1. The SMILES string of the molecule is O=C(N[C@H]1CN(Cc2ccc(F)cc2)[C@H]2CCCO[C@@H]12)c1cnccn1. The zero-order chi connectivity index (χ0) is 17.9. The molecule has 136 valence electrons. The number of amides is 1. The fourth-order valence-corrected chi connectivity index (χ4v) is 3.85. The van der Waals surface area contributed by atoms with Crippen molar-refractivity contribution < 1.29 is 13.9 Å². The van der Waals surface area contributed by atoms with Gasteiger partial charge in [-0.2, -0.15) is 0 Å². The smallest absolute Gasteiger partial charge is 0.271 e. The molecule has 2 aromatic rings. The van der Waals surface area contributed by atoms with Gasteiger partial charge in [0.05, 0.1) is 18.3 Å². The lowest BCUT2D eigenvalue weighted by Gasteiger charge is -2.32. The maximum absolute atomic E-state index is 13.1. The standard InChI is InChI=1S/C19H21FN4O2/c20-14-5-3-13(4-6-14)11-24-12-16(18-17(24)2-1-9-26-18)23-19(25)15-10-21-7-8-22-15/h3-8,10,16-18H,1-2,9,11-12H2,(H,23,25)/t16-,17-,18-/m0/s1. The summed E-state index contributed by atoms with van der Waals surface area (Å²) in [6.07, 6.45) is 6.50. The van der Waals surface area contributed by atoms with E-state index in [4.69, 9.17) is 4.74 Å². The van der Waals surface area contributed by atoms with Crippen molar-refractivity contribution in [2.75, 3.05) is 13.2 Å². The van der Waals surface area contributed by atoms with E-state index in [0.29, 0.717) is 25.4 Å². The van der Waals surface area contributed by atoms with Crippen molar-refractivity contribution in [3.63, 3.8) is 0 Å². The number of nitrogens with zero attached hydrogens (tertiary/aromatic N) is 3. The molecule has 6 nitrogen and oxygen atoms in total. The summed E-state index contributed by atoms with van der Waals surface area (Å²) < 4.78 is 19.1. The lowest BCUT2D eigenvalue weighted by atomic mass is 10.0. The van der Waals surface area contributed by atoms with Crippen LogP contribution in [0.4, 0.5) is 4.39 Å². The highest BCUT2D eigenvalue weighted by Crippen LogP contribution is 2.30. The van der Waals surface area contributed by atoms with Gasteiger partial charge in [0.25, 0.3) is 5.91 Å². The number of carbonyl (C=O) groups excluding carboxylic acids is 1. The second kappa shape index (κ2) is 7.47. The zero-order valence-corrected chi connectivity index (χ0v) is 14.3. The minimum absolute atomic E-state index is 0.0372. The molecule has 1 aromatic heterocycles. The Balaban J connectivity index is 1.47. The van der Waals surface area contributed by atoms with E-state index in [1.54, 1.807) is 12.1 Å². The van der Waals surface area contributed by atoms with Gasteiger partial charge in [-0.25, -0.2) is 9.37 Å². The number of nitrogens with one attached hydrogen (secondary N) is 1. The molecule has 1 amide bonds. The van der Waals surface area contributed by atoms with E-state index in [0.717, 1.165) is 18.4 Å². The molecule has 1 aromatic carbocycles. The molecule has 0 aliphatic carbocycles. The van der Waals surface area contributed by atoms with Crippen LogP contribution in [0.1, 0.15) is 28.9 Å². The first kappa shape index (κ1) is 17.1. The number of hydrogen-bond donors (Lipinski definition) is 1. The summed E-state index contributed by atoms with van der Waals surface area (Å²) in [6.45, 7) is 2.12. The lowest BCUT2D eigenvalue weighted by Crippen LogP contribution is -2.47. The quantitative estimate of drug-likeness (QED) is 0.904. The largest absolute Gasteiger partial charge is 0.374 e. The molecule has 2 aliphatic heterocycles. The third-order valence-electron chi connectivity index (χ3n) is 5.04. The van der Waals surface area contributed by atoms with Crippen LogP contribution in [0.15, 0.2) is 42.9 Å². The molecule has 2 fully saturated rings. The number of benzene rings is 1. The van der Waals surface area contributed by atoms with Crippen LogP contribution in [-0.4, -0.2) is 52.1 Å². The van der Waals surface area contributed by atoms with Crippen molar-refractivity contribution in [2.24, 2.45) is 0 Å². The second-order valence-corrected chi connectivity index (χ2v) is 6.77. The molecule has 0 radical (unpaired) electrons. The molecular weight excluding hydrogens is 335 g/mol. The number of aromatic nitrogens is 2. The molecule has 2 saturated heterocycles. The molecule has 0 bridgehead atoms. The van der Waals surface area contributed by atoms with Gasteiger partial charge in [0.1, 0.15) is 11.5 Å². The third-order valence-corrected chi connectivity index (χ3v) is 5.04. The molecule has 2 aliphatic rings. The average molecular weight is 356 g/mol. The van der Waals surface area contributed by atoms with Crippen LogP contribution in [0, 0.1) is 5.82 Å². The highest BCUT2D eigenvalue weighted by atomic mass is 19.1. The van der Waals surface area contributed by atoms with Gasteiger partial charge < -0.3 is 10.1 Å². The summed E-state index contributed by atoms with van der Waals surface area (Å²) >= 11 is 0. The average Bonchev–Trinajstić information content (AvgIpc) is 3.02. The van der Waals surface area contributed by atoms with Gasteiger partial charge in [-0.05, 0) is 30.5 Å². The predicted molar refractivity (Wildman–Crippen MR) is 92.9 cm³/mol.